The molecule has 0 aliphatic heterocycles. The van der Waals surface area contributed by atoms with Crippen LogP contribution in [-0.4, -0.2) is 21.7 Å². The van der Waals surface area contributed by atoms with Crippen LogP contribution in [-0.2, 0) is 6.42 Å². The van der Waals surface area contributed by atoms with Gasteiger partial charge in [0.25, 0.3) is 0 Å². The second-order valence-corrected chi connectivity index (χ2v) is 5.81. The minimum atomic E-state index is 0.702. The van der Waals surface area contributed by atoms with Gasteiger partial charge in [-0.2, -0.15) is 0 Å². The summed E-state index contributed by atoms with van der Waals surface area (Å²) in [6.07, 6.45) is 1.89. The molecule has 2 N–H and O–H groups in total. The van der Waals surface area contributed by atoms with E-state index >= 15 is 0 Å². The third-order valence-corrected chi connectivity index (χ3v) is 4.37. The first kappa shape index (κ1) is 11.6. The van der Waals surface area contributed by atoms with Gasteiger partial charge in [0.05, 0.1) is 15.6 Å². The normalized spacial score (nSPS) is 10.9. The van der Waals surface area contributed by atoms with Crippen molar-refractivity contribution in [1.29, 1.82) is 0 Å². The third kappa shape index (κ3) is 2.45. The lowest BCUT2D eigenvalue weighted by Crippen LogP contribution is -1.99. The van der Waals surface area contributed by atoms with Crippen molar-refractivity contribution >= 4 is 22.7 Å². The van der Waals surface area contributed by atoms with Gasteiger partial charge in [-0.25, -0.2) is 4.98 Å². The number of hydrogen-bond donors (Lipinski definition) is 1. The van der Waals surface area contributed by atoms with Crippen LogP contribution in [0.4, 0.5) is 0 Å². The Morgan fingerprint density at radius 3 is 2.62 bits per heavy atom. The molecule has 4 nitrogen and oxygen atoms in total. The highest BCUT2D eigenvalue weighted by Crippen LogP contribution is 2.31. The van der Waals surface area contributed by atoms with Crippen molar-refractivity contribution in [3.63, 3.8) is 0 Å². The van der Waals surface area contributed by atoms with E-state index in [0.29, 0.717) is 6.54 Å². The molecule has 0 aliphatic rings. The molecule has 86 valence electrons. The van der Waals surface area contributed by atoms with Crippen LogP contribution in [0.25, 0.3) is 9.88 Å². The number of nitrogens with two attached hydrogens (primary N) is 1. The summed E-state index contributed by atoms with van der Waals surface area (Å²) in [5, 5.41) is 11.5. The maximum atomic E-state index is 5.47. The van der Waals surface area contributed by atoms with E-state index in [0.717, 1.165) is 38.4 Å². The Morgan fingerprint density at radius 2 is 2.00 bits per heavy atom. The zero-order chi connectivity index (χ0) is 11.5. The predicted octanol–water partition coefficient (Wildman–Crippen LogP) is 2.17. The highest BCUT2D eigenvalue weighted by atomic mass is 32.1. The summed E-state index contributed by atoms with van der Waals surface area (Å²) in [5.74, 6) is 0. The molecule has 0 aliphatic carbocycles. The summed E-state index contributed by atoms with van der Waals surface area (Å²) >= 11 is 3.32. The number of thiazole rings is 1. The molecular formula is C10H14N4S2. The van der Waals surface area contributed by atoms with Gasteiger partial charge in [0.2, 0.25) is 0 Å². The van der Waals surface area contributed by atoms with Crippen LogP contribution in [0, 0.1) is 13.8 Å². The van der Waals surface area contributed by atoms with Crippen molar-refractivity contribution in [2.75, 3.05) is 6.54 Å². The summed E-state index contributed by atoms with van der Waals surface area (Å²) < 4.78 is 0. The molecule has 0 aromatic carbocycles. The molecule has 0 saturated carbocycles. The van der Waals surface area contributed by atoms with E-state index < -0.39 is 0 Å². The second kappa shape index (κ2) is 4.99. The summed E-state index contributed by atoms with van der Waals surface area (Å²) in [6, 6.07) is 0. The van der Waals surface area contributed by atoms with Crippen molar-refractivity contribution in [2.24, 2.45) is 5.73 Å². The molecule has 0 unspecified atom stereocenters. The molecule has 0 fully saturated rings. The minimum Gasteiger partial charge on any atom is -0.330 e. The van der Waals surface area contributed by atoms with Crippen molar-refractivity contribution in [2.45, 2.75) is 26.7 Å². The molecule has 0 radical (unpaired) electrons. The van der Waals surface area contributed by atoms with Crippen LogP contribution in [0.3, 0.4) is 0 Å². The molecule has 0 bridgehead atoms. The molecule has 2 heterocycles. The Bertz CT molecular complexity index is 475. The standard InChI is InChI=1S/C10H14N4S2/c1-6-9(15-7(2)12-6)10-14-13-8(16-10)4-3-5-11/h3-5,11H2,1-2H3. The zero-order valence-corrected chi connectivity index (χ0v) is 11.0. The second-order valence-electron chi connectivity index (χ2n) is 3.54. The Balaban J connectivity index is 2.21. The average Bonchev–Trinajstić information content (AvgIpc) is 2.82. The third-order valence-electron chi connectivity index (χ3n) is 2.16. The highest BCUT2D eigenvalue weighted by Gasteiger charge is 2.12. The first-order valence-electron chi connectivity index (χ1n) is 5.17. The van der Waals surface area contributed by atoms with E-state index in [1.165, 1.54) is 0 Å². The fraction of sp³-hybridized carbons (Fsp3) is 0.500. The molecule has 0 atom stereocenters. The van der Waals surface area contributed by atoms with Crippen LogP contribution in [0.5, 0.6) is 0 Å². The maximum absolute atomic E-state index is 5.47. The van der Waals surface area contributed by atoms with Gasteiger partial charge >= 0.3 is 0 Å². The number of nitrogens with zero attached hydrogens (tertiary/aromatic N) is 3. The lowest BCUT2D eigenvalue weighted by atomic mass is 10.3. The van der Waals surface area contributed by atoms with Crippen molar-refractivity contribution < 1.29 is 0 Å². The van der Waals surface area contributed by atoms with Gasteiger partial charge in [-0.15, -0.1) is 21.5 Å². The molecule has 0 spiro atoms. The molecule has 2 aromatic rings. The Kier molecular flexibility index (Phi) is 3.63. The largest absolute Gasteiger partial charge is 0.330 e. The van der Waals surface area contributed by atoms with Crippen LogP contribution in [0.15, 0.2) is 0 Å². The predicted molar refractivity (Wildman–Crippen MR) is 67.9 cm³/mol. The number of aryl methyl sites for hydroxylation is 3. The van der Waals surface area contributed by atoms with E-state index in [4.69, 9.17) is 5.73 Å². The van der Waals surface area contributed by atoms with Crippen LogP contribution in [0.2, 0.25) is 0 Å². The molecule has 0 amide bonds. The monoisotopic (exact) mass is 254 g/mol. The summed E-state index contributed by atoms with van der Waals surface area (Å²) in [5.41, 5.74) is 6.52. The van der Waals surface area contributed by atoms with E-state index in [-0.39, 0.29) is 0 Å². The Morgan fingerprint density at radius 1 is 1.19 bits per heavy atom. The van der Waals surface area contributed by atoms with Gasteiger partial charge in [-0.3, -0.25) is 0 Å². The van der Waals surface area contributed by atoms with Crippen molar-refractivity contribution in [1.82, 2.24) is 15.2 Å². The number of aromatic nitrogens is 3. The maximum Gasteiger partial charge on any atom is 0.159 e. The van der Waals surface area contributed by atoms with E-state index in [2.05, 4.69) is 15.2 Å². The average molecular weight is 254 g/mol. The first-order valence-corrected chi connectivity index (χ1v) is 6.81. The summed E-state index contributed by atoms with van der Waals surface area (Å²) in [6.45, 7) is 4.73. The van der Waals surface area contributed by atoms with Crippen molar-refractivity contribution in [3.8, 4) is 9.88 Å². The molecule has 16 heavy (non-hydrogen) atoms. The van der Waals surface area contributed by atoms with Crippen molar-refractivity contribution in [3.05, 3.63) is 15.7 Å². The van der Waals surface area contributed by atoms with Gasteiger partial charge in [-0.05, 0) is 26.8 Å². The Hall–Kier alpha value is -0.850. The van der Waals surface area contributed by atoms with E-state index in [9.17, 15) is 0 Å². The number of rotatable bonds is 4. The fourth-order valence-electron chi connectivity index (χ4n) is 1.43. The Labute approximate surface area is 103 Å². The lowest BCUT2D eigenvalue weighted by molar-refractivity contribution is 0.812. The minimum absolute atomic E-state index is 0.702. The fourth-order valence-corrected chi connectivity index (χ4v) is 3.35. The zero-order valence-electron chi connectivity index (χ0n) is 9.36. The van der Waals surface area contributed by atoms with Gasteiger partial charge in [0.15, 0.2) is 5.01 Å². The SMILES string of the molecule is Cc1nc(C)c(-c2nnc(CCCN)s2)s1. The quantitative estimate of drug-likeness (QED) is 0.908. The summed E-state index contributed by atoms with van der Waals surface area (Å²) in [4.78, 5) is 5.54. The van der Waals surface area contributed by atoms with Gasteiger partial charge in [-0.1, -0.05) is 11.3 Å². The van der Waals surface area contributed by atoms with E-state index in [1.807, 2.05) is 13.8 Å². The molecular weight excluding hydrogens is 240 g/mol. The topological polar surface area (TPSA) is 64.7 Å². The van der Waals surface area contributed by atoms with Gasteiger partial charge in [0.1, 0.15) is 5.01 Å². The number of hydrogen-bond acceptors (Lipinski definition) is 6. The van der Waals surface area contributed by atoms with Crippen LogP contribution in [0.1, 0.15) is 22.1 Å². The molecule has 2 aromatic heterocycles. The molecule has 6 heteroatoms. The lowest BCUT2D eigenvalue weighted by Gasteiger charge is -1.90. The van der Waals surface area contributed by atoms with E-state index in [1.54, 1.807) is 22.7 Å². The molecule has 0 saturated heterocycles. The van der Waals surface area contributed by atoms with Gasteiger partial charge in [0, 0.05) is 6.42 Å². The first-order chi connectivity index (χ1) is 7.70. The smallest absolute Gasteiger partial charge is 0.159 e. The van der Waals surface area contributed by atoms with Crippen LogP contribution < -0.4 is 5.73 Å². The van der Waals surface area contributed by atoms with Crippen LogP contribution >= 0.6 is 22.7 Å². The highest BCUT2D eigenvalue weighted by molar-refractivity contribution is 7.21. The summed E-state index contributed by atoms with van der Waals surface area (Å²) in [7, 11) is 0. The van der Waals surface area contributed by atoms with Gasteiger partial charge < -0.3 is 5.73 Å². The molecule has 2 rings (SSSR count).